The second kappa shape index (κ2) is 7.25. The Bertz CT molecular complexity index is 1110. The van der Waals surface area contributed by atoms with E-state index in [2.05, 4.69) is 5.32 Å². The Hall–Kier alpha value is -3.11. The third kappa shape index (κ3) is 3.44. The number of aromatic nitrogens is 1. The fourth-order valence-corrected chi connectivity index (χ4v) is 3.64. The minimum Gasteiger partial charge on any atom is -0.386 e. The van der Waals surface area contributed by atoms with E-state index in [1.807, 2.05) is 84.5 Å². The predicted octanol–water partition coefficient (Wildman–Crippen LogP) is 3.72. The van der Waals surface area contributed by atoms with Crippen molar-refractivity contribution in [3.05, 3.63) is 84.1 Å². The molecule has 1 aromatic heterocycles. The highest BCUT2D eigenvalue weighted by Crippen LogP contribution is 2.25. The van der Waals surface area contributed by atoms with Crippen LogP contribution in [-0.4, -0.2) is 22.1 Å². The molecule has 0 bridgehead atoms. The number of hydrogen-bond acceptors (Lipinski definition) is 2. The zero-order chi connectivity index (χ0) is 18.8. The van der Waals surface area contributed by atoms with Gasteiger partial charge in [-0.2, -0.15) is 0 Å². The lowest BCUT2D eigenvalue weighted by Gasteiger charge is -2.12. The molecule has 0 radical (unpaired) electrons. The van der Waals surface area contributed by atoms with Crippen molar-refractivity contribution >= 4 is 27.6 Å². The Balaban J connectivity index is 1.45. The van der Waals surface area contributed by atoms with E-state index in [-0.39, 0.29) is 12.5 Å². The molecule has 0 saturated heterocycles. The molecule has 0 spiro atoms. The van der Waals surface area contributed by atoms with Gasteiger partial charge in [-0.15, -0.1) is 0 Å². The molecule has 4 nitrogen and oxygen atoms in total. The first-order chi connectivity index (χ1) is 13.1. The van der Waals surface area contributed by atoms with E-state index < -0.39 is 6.10 Å². The highest BCUT2D eigenvalue weighted by molar-refractivity contribution is 5.90. The van der Waals surface area contributed by atoms with Crippen molar-refractivity contribution in [3.63, 3.8) is 0 Å². The van der Waals surface area contributed by atoms with Crippen LogP contribution >= 0.6 is 0 Å². The summed E-state index contributed by atoms with van der Waals surface area (Å²) in [7, 11) is 1.96. The van der Waals surface area contributed by atoms with Gasteiger partial charge in [0, 0.05) is 36.3 Å². The lowest BCUT2D eigenvalue weighted by atomic mass is 10.0. The minimum absolute atomic E-state index is 0.0920. The highest BCUT2D eigenvalue weighted by Gasteiger charge is 2.16. The van der Waals surface area contributed by atoms with Crippen molar-refractivity contribution in [2.75, 3.05) is 6.54 Å². The quantitative estimate of drug-likeness (QED) is 0.571. The van der Waals surface area contributed by atoms with Crippen LogP contribution in [0.5, 0.6) is 0 Å². The average Bonchev–Trinajstić information content (AvgIpc) is 3.04. The summed E-state index contributed by atoms with van der Waals surface area (Å²) in [5.41, 5.74) is 2.89. The number of amides is 1. The van der Waals surface area contributed by atoms with E-state index in [1.165, 1.54) is 0 Å². The molecule has 0 aliphatic rings. The second-order valence-corrected chi connectivity index (χ2v) is 6.85. The van der Waals surface area contributed by atoms with Gasteiger partial charge in [0.05, 0.1) is 12.5 Å². The van der Waals surface area contributed by atoms with Gasteiger partial charge in [0.2, 0.25) is 5.91 Å². The molecule has 136 valence electrons. The molecule has 0 aliphatic carbocycles. The van der Waals surface area contributed by atoms with Crippen LogP contribution in [0.25, 0.3) is 21.7 Å². The molecule has 4 heteroatoms. The Morgan fingerprint density at radius 1 is 1.00 bits per heavy atom. The molecule has 0 aliphatic heterocycles. The molecule has 4 aromatic rings. The van der Waals surface area contributed by atoms with Crippen LogP contribution in [0.1, 0.15) is 17.2 Å². The summed E-state index contributed by atoms with van der Waals surface area (Å²) in [4.78, 5) is 12.4. The number of carbonyl (C=O) groups is 1. The van der Waals surface area contributed by atoms with Gasteiger partial charge in [0.1, 0.15) is 0 Å². The number of nitrogens with one attached hydrogen (secondary N) is 1. The van der Waals surface area contributed by atoms with E-state index in [9.17, 15) is 9.90 Å². The largest absolute Gasteiger partial charge is 0.386 e. The van der Waals surface area contributed by atoms with Crippen LogP contribution < -0.4 is 5.32 Å². The molecule has 27 heavy (non-hydrogen) atoms. The van der Waals surface area contributed by atoms with Crippen LogP contribution in [0, 0.1) is 0 Å². The van der Waals surface area contributed by atoms with Crippen molar-refractivity contribution in [2.45, 2.75) is 12.5 Å². The molecule has 3 aromatic carbocycles. The number of para-hydroxylation sites is 1. The zero-order valence-corrected chi connectivity index (χ0v) is 15.2. The average molecular weight is 358 g/mol. The molecule has 1 unspecified atom stereocenters. The molecule has 1 amide bonds. The van der Waals surface area contributed by atoms with Gasteiger partial charge < -0.3 is 15.0 Å². The Kier molecular flexibility index (Phi) is 4.65. The van der Waals surface area contributed by atoms with Crippen molar-refractivity contribution in [1.82, 2.24) is 9.88 Å². The van der Waals surface area contributed by atoms with Crippen LogP contribution in [0.15, 0.2) is 72.9 Å². The molecular weight excluding hydrogens is 336 g/mol. The van der Waals surface area contributed by atoms with E-state index in [4.69, 9.17) is 0 Å². The molecule has 0 saturated carbocycles. The number of carbonyl (C=O) groups excluding carboxylic acids is 1. The zero-order valence-electron chi connectivity index (χ0n) is 15.2. The number of aliphatic hydroxyl groups is 1. The Morgan fingerprint density at radius 3 is 2.56 bits per heavy atom. The highest BCUT2D eigenvalue weighted by atomic mass is 16.3. The summed E-state index contributed by atoms with van der Waals surface area (Å²) in [5, 5.41) is 16.7. The summed E-state index contributed by atoms with van der Waals surface area (Å²) in [6.07, 6.45) is 1.48. The smallest absolute Gasteiger partial charge is 0.224 e. The minimum atomic E-state index is -0.743. The fourth-order valence-electron chi connectivity index (χ4n) is 3.64. The fraction of sp³-hybridized carbons (Fsp3) is 0.174. The standard InChI is InChI=1S/C23H22N2O2/c1-25-15-20(19-11-4-5-12-21(19)25)22(26)14-24-23(27)13-17-9-6-8-16-7-2-3-10-18(16)17/h2-12,15,22,26H,13-14H2,1H3,(H,24,27). The van der Waals surface area contributed by atoms with Crippen LogP contribution in [-0.2, 0) is 18.3 Å². The number of nitrogens with zero attached hydrogens (tertiary/aromatic N) is 1. The van der Waals surface area contributed by atoms with Gasteiger partial charge in [-0.3, -0.25) is 4.79 Å². The predicted molar refractivity (Wildman–Crippen MR) is 109 cm³/mol. The number of rotatable bonds is 5. The number of benzene rings is 3. The maximum Gasteiger partial charge on any atom is 0.224 e. The topological polar surface area (TPSA) is 54.3 Å². The first kappa shape index (κ1) is 17.3. The van der Waals surface area contributed by atoms with Gasteiger partial charge in [-0.25, -0.2) is 0 Å². The summed E-state index contributed by atoms with van der Waals surface area (Å²) in [5.74, 6) is -0.0920. The van der Waals surface area contributed by atoms with E-state index in [1.54, 1.807) is 0 Å². The first-order valence-electron chi connectivity index (χ1n) is 9.09. The van der Waals surface area contributed by atoms with Crippen molar-refractivity contribution in [1.29, 1.82) is 0 Å². The van der Waals surface area contributed by atoms with Gasteiger partial charge in [0.25, 0.3) is 0 Å². The third-order valence-corrected chi connectivity index (χ3v) is 5.01. The van der Waals surface area contributed by atoms with Gasteiger partial charge >= 0.3 is 0 Å². The summed E-state index contributed by atoms with van der Waals surface area (Å²) < 4.78 is 1.99. The van der Waals surface area contributed by atoms with E-state index in [0.29, 0.717) is 6.42 Å². The van der Waals surface area contributed by atoms with Crippen LogP contribution in [0.2, 0.25) is 0 Å². The second-order valence-electron chi connectivity index (χ2n) is 6.85. The van der Waals surface area contributed by atoms with Gasteiger partial charge in [-0.1, -0.05) is 60.7 Å². The molecule has 4 rings (SSSR count). The summed E-state index contributed by atoms with van der Waals surface area (Å²) >= 11 is 0. The van der Waals surface area contributed by atoms with Gasteiger partial charge in [0.15, 0.2) is 0 Å². The maximum absolute atomic E-state index is 12.4. The monoisotopic (exact) mass is 358 g/mol. The van der Waals surface area contributed by atoms with Crippen molar-refractivity contribution in [2.24, 2.45) is 7.05 Å². The van der Waals surface area contributed by atoms with Crippen LogP contribution in [0.3, 0.4) is 0 Å². The Morgan fingerprint density at radius 2 is 1.70 bits per heavy atom. The van der Waals surface area contributed by atoms with Gasteiger partial charge in [-0.05, 0) is 22.4 Å². The van der Waals surface area contributed by atoms with E-state index >= 15 is 0 Å². The number of aliphatic hydroxyl groups excluding tert-OH is 1. The molecular formula is C23H22N2O2. The normalized spacial score (nSPS) is 12.4. The SMILES string of the molecule is Cn1cc(C(O)CNC(=O)Cc2cccc3ccccc23)c2ccccc21. The molecule has 1 heterocycles. The molecule has 2 N–H and O–H groups in total. The lowest BCUT2D eigenvalue weighted by molar-refractivity contribution is -0.120. The summed E-state index contributed by atoms with van der Waals surface area (Å²) in [6, 6.07) is 22.0. The molecule has 0 fully saturated rings. The van der Waals surface area contributed by atoms with Crippen molar-refractivity contribution < 1.29 is 9.90 Å². The van der Waals surface area contributed by atoms with Crippen LogP contribution in [0.4, 0.5) is 0 Å². The number of aryl methyl sites for hydroxylation is 1. The third-order valence-electron chi connectivity index (χ3n) is 5.01. The first-order valence-corrected chi connectivity index (χ1v) is 9.09. The van der Waals surface area contributed by atoms with E-state index in [0.717, 1.165) is 32.8 Å². The molecule has 1 atom stereocenters. The van der Waals surface area contributed by atoms with Crippen molar-refractivity contribution in [3.8, 4) is 0 Å². The lowest BCUT2D eigenvalue weighted by Crippen LogP contribution is -2.29. The summed E-state index contributed by atoms with van der Waals surface area (Å²) in [6.45, 7) is 0.192. The Labute approximate surface area is 158 Å². The number of hydrogen-bond donors (Lipinski definition) is 2. The maximum atomic E-state index is 12.4. The number of fused-ring (bicyclic) bond motifs is 2.